The number of aryl methyl sites for hydroxylation is 1. The summed E-state index contributed by atoms with van der Waals surface area (Å²) < 4.78 is 3.73. The Hall–Kier alpha value is -2.21. The van der Waals surface area contributed by atoms with E-state index in [1.807, 2.05) is 43.1 Å². The van der Waals surface area contributed by atoms with Crippen molar-refractivity contribution >= 4 is 5.78 Å². The predicted molar refractivity (Wildman–Crippen MR) is 68.0 cm³/mol. The van der Waals surface area contributed by atoms with Gasteiger partial charge in [-0.05, 0) is 19.2 Å². The molecule has 3 rings (SSSR count). The van der Waals surface area contributed by atoms with Crippen LogP contribution in [0.3, 0.4) is 0 Å². The lowest BCUT2D eigenvalue weighted by Crippen LogP contribution is -2.05. The molecule has 6 nitrogen and oxygen atoms in total. The fraction of sp³-hybridized carbons (Fsp3) is 0.250. The molecule has 0 aromatic carbocycles. The first kappa shape index (κ1) is 10.9. The molecule has 3 aromatic heterocycles. The third kappa shape index (κ3) is 1.67. The largest absolute Gasteiger partial charge is 0.314 e. The first-order valence-corrected chi connectivity index (χ1v) is 5.76. The van der Waals surface area contributed by atoms with E-state index in [2.05, 4.69) is 20.4 Å². The molecule has 6 heteroatoms. The van der Waals surface area contributed by atoms with Gasteiger partial charge in [-0.3, -0.25) is 9.55 Å². The number of rotatable bonds is 3. The highest BCUT2D eigenvalue weighted by Gasteiger charge is 2.13. The Morgan fingerprint density at radius 1 is 1.33 bits per heavy atom. The van der Waals surface area contributed by atoms with Crippen LogP contribution in [-0.4, -0.2) is 31.2 Å². The summed E-state index contributed by atoms with van der Waals surface area (Å²) in [6.07, 6.45) is 3.69. The van der Waals surface area contributed by atoms with Gasteiger partial charge in [0.25, 0.3) is 0 Å². The SMILES string of the molecule is CNCc1cn2nc(-c3ccccn3)n(C)c2n1. The number of nitrogens with zero attached hydrogens (tertiary/aromatic N) is 5. The molecule has 0 aliphatic carbocycles. The maximum absolute atomic E-state index is 4.52. The molecule has 1 N–H and O–H groups in total. The van der Waals surface area contributed by atoms with E-state index in [0.29, 0.717) is 0 Å². The minimum atomic E-state index is 0.738. The summed E-state index contributed by atoms with van der Waals surface area (Å²) >= 11 is 0. The maximum Gasteiger partial charge on any atom is 0.232 e. The molecule has 0 aliphatic heterocycles. The first-order valence-electron chi connectivity index (χ1n) is 5.76. The summed E-state index contributed by atoms with van der Waals surface area (Å²) in [6.45, 7) is 0.738. The number of nitrogens with one attached hydrogen (secondary N) is 1. The molecule has 0 amide bonds. The van der Waals surface area contributed by atoms with E-state index in [0.717, 1.165) is 29.5 Å². The van der Waals surface area contributed by atoms with Crippen molar-refractivity contribution in [3.8, 4) is 11.5 Å². The Labute approximate surface area is 104 Å². The molecule has 3 aromatic rings. The van der Waals surface area contributed by atoms with Crippen LogP contribution in [0, 0.1) is 0 Å². The van der Waals surface area contributed by atoms with Crippen molar-refractivity contribution in [1.29, 1.82) is 0 Å². The zero-order valence-electron chi connectivity index (χ0n) is 10.3. The number of hydrogen-bond donors (Lipinski definition) is 1. The van der Waals surface area contributed by atoms with Crippen LogP contribution in [0.2, 0.25) is 0 Å². The number of pyridine rings is 1. The minimum absolute atomic E-state index is 0.738. The summed E-state index contributed by atoms with van der Waals surface area (Å²) in [6, 6.07) is 5.78. The van der Waals surface area contributed by atoms with Crippen LogP contribution < -0.4 is 5.32 Å². The maximum atomic E-state index is 4.52. The Bertz CT molecular complexity index is 667. The average molecular weight is 242 g/mol. The lowest BCUT2D eigenvalue weighted by molar-refractivity contribution is 0.792. The molecule has 0 fully saturated rings. The van der Waals surface area contributed by atoms with Crippen LogP contribution in [-0.2, 0) is 13.6 Å². The highest BCUT2D eigenvalue weighted by atomic mass is 15.4. The Morgan fingerprint density at radius 3 is 2.89 bits per heavy atom. The Morgan fingerprint density at radius 2 is 2.22 bits per heavy atom. The molecule has 0 spiro atoms. The van der Waals surface area contributed by atoms with Gasteiger partial charge in [0.2, 0.25) is 5.78 Å². The zero-order valence-corrected chi connectivity index (χ0v) is 10.3. The second-order valence-corrected chi connectivity index (χ2v) is 4.10. The van der Waals surface area contributed by atoms with Crippen molar-refractivity contribution in [2.24, 2.45) is 7.05 Å². The Balaban J connectivity index is 2.10. The molecule has 0 aliphatic rings. The van der Waals surface area contributed by atoms with E-state index in [1.54, 1.807) is 10.7 Å². The number of imidazole rings is 1. The van der Waals surface area contributed by atoms with Gasteiger partial charge in [0.1, 0.15) is 5.69 Å². The topological polar surface area (TPSA) is 60.0 Å². The molecule has 3 heterocycles. The van der Waals surface area contributed by atoms with Crippen molar-refractivity contribution in [2.45, 2.75) is 6.54 Å². The van der Waals surface area contributed by atoms with Gasteiger partial charge in [-0.15, -0.1) is 5.10 Å². The van der Waals surface area contributed by atoms with Crippen molar-refractivity contribution in [3.05, 3.63) is 36.3 Å². The van der Waals surface area contributed by atoms with Gasteiger partial charge in [0, 0.05) is 19.8 Å². The summed E-state index contributed by atoms with van der Waals surface area (Å²) in [5.74, 6) is 1.63. The summed E-state index contributed by atoms with van der Waals surface area (Å²) in [5, 5.41) is 7.59. The molecule has 0 bridgehead atoms. The molecular weight excluding hydrogens is 228 g/mol. The smallest absolute Gasteiger partial charge is 0.232 e. The number of fused-ring (bicyclic) bond motifs is 1. The molecule has 0 unspecified atom stereocenters. The molecule has 0 radical (unpaired) electrons. The van der Waals surface area contributed by atoms with Crippen molar-refractivity contribution in [1.82, 2.24) is 29.5 Å². The number of hydrogen-bond acceptors (Lipinski definition) is 4. The molecule has 0 atom stereocenters. The molecule has 18 heavy (non-hydrogen) atoms. The van der Waals surface area contributed by atoms with Crippen molar-refractivity contribution < 1.29 is 0 Å². The van der Waals surface area contributed by atoms with E-state index in [-0.39, 0.29) is 0 Å². The van der Waals surface area contributed by atoms with E-state index in [4.69, 9.17) is 0 Å². The van der Waals surface area contributed by atoms with Crippen LogP contribution in [0.4, 0.5) is 0 Å². The standard InChI is InChI=1S/C12H14N6/c1-13-7-9-8-18-12(15-9)17(2)11(16-18)10-5-3-4-6-14-10/h3-6,8,13H,7H2,1-2H3. The van der Waals surface area contributed by atoms with Gasteiger partial charge in [-0.2, -0.15) is 0 Å². The summed E-state index contributed by atoms with van der Waals surface area (Å²) in [7, 11) is 3.85. The second kappa shape index (κ2) is 4.23. The van der Waals surface area contributed by atoms with Crippen molar-refractivity contribution in [2.75, 3.05) is 7.05 Å². The Kier molecular flexibility index (Phi) is 2.56. The van der Waals surface area contributed by atoms with Crippen LogP contribution >= 0.6 is 0 Å². The van der Waals surface area contributed by atoms with E-state index < -0.39 is 0 Å². The zero-order chi connectivity index (χ0) is 12.5. The van der Waals surface area contributed by atoms with Gasteiger partial charge in [-0.1, -0.05) is 6.07 Å². The van der Waals surface area contributed by atoms with E-state index in [1.165, 1.54) is 0 Å². The third-order valence-corrected chi connectivity index (χ3v) is 2.79. The number of aromatic nitrogens is 5. The highest BCUT2D eigenvalue weighted by molar-refractivity contribution is 5.53. The van der Waals surface area contributed by atoms with Gasteiger partial charge in [-0.25, -0.2) is 9.50 Å². The van der Waals surface area contributed by atoms with Gasteiger partial charge in [0.05, 0.1) is 11.9 Å². The lowest BCUT2D eigenvalue weighted by atomic mass is 10.3. The van der Waals surface area contributed by atoms with Gasteiger partial charge >= 0.3 is 0 Å². The molecule has 0 saturated carbocycles. The van der Waals surface area contributed by atoms with Crippen LogP contribution in [0.15, 0.2) is 30.6 Å². The normalized spacial score (nSPS) is 11.2. The van der Waals surface area contributed by atoms with Crippen molar-refractivity contribution in [3.63, 3.8) is 0 Å². The fourth-order valence-electron chi connectivity index (χ4n) is 1.96. The monoisotopic (exact) mass is 242 g/mol. The van der Waals surface area contributed by atoms with Crippen LogP contribution in [0.1, 0.15) is 5.69 Å². The van der Waals surface area contributed by atoms with Gasteiger partial charge in [0.15, 0.2) is 5.82 Å². The summed E-state index contributed by atoms with van der Waals surface area (Å²) in [4.78, 5) is 8.83. The average Bonchev–Trinajstić information content (AvgIpc) is 2.91. The second-order valence-electron chi connectivity index (χ2n) is 4.10. The van der Waals surface area contributed by atoms with Crippen LogP contribution in [0.5, 0.6) is 0 Å². The molecule has 0 saturated heterocycles. The molecule has 92 valence electrons. The lowest BCUT2D eigenvalue weighted by Gasteiger charge is -1.98. The third-order valence-electron chi connectivity index (χ3n) is 2.79. The fourth-order valence-corrected chi connectivity index (χ4v) is 1.96. The van der Waals surface area contributed by atoms with E-state index >= 15 is 0 Å². The predicted octanol–water partition coefficient (Wildman–Crippen LogP) is 0.849. The van der Waals surface area contributed by atoms with Crippen LogP contribution in [0.25, 0.3) is 17.3 Å². The minimum Gasteiger partial charge on any atom is -0.314 e. The quantitative estimate of drug-likeness (QED) is 0.739. The van der Waals surface area contributed by atoms with Gasteiger partial charge < -0.3 is 5.32 Å². The summed E-state index contributed by atoms with van der Waals surface area (Å²) in [5.41, 5.74) is 1.82. The van der Waals surface area contributed by atoms with E-state index in [9.17, 15) is 0 Å². The molecular formula is C12H14N6. The first-order chi connectivity index (χ1) is 8.79. The highest BCUT2D eigenvalue weighted by Crippen LogP contribution is 2.16.